The van der Waals surface area contributed by atoms with Crippen molar-refractivity contribution in [1.82, 2.24) is 15.2 Å². The van der Waals surface area contributed by atoms with E-state index in [4.69, 9.17) is 11.5 Å². The molecule has 0 aliphatic heterocycles. The number of hydrogen-bond donors (Lipinski definition) is 5. The first-order chi connectivity index (χ1) is 17.0. The molecule has 35 heavy (non-hydrogen) atoms. The first-order valence-corrected chi connectivity index (χ1v) is 10.9. The van der Waals surface area contributed by atoms with Crippen LogP contribution in [0, 0.1) is 5.82 Å². The van der Waals surface area contributed by atoms with Gasteiger partial charge in [0.2, 0.25) is 0 Å². The minimum absolute atomic E-state index is 0.0641. The number of amides is 2. The van der Waals surface area contributed by atoms with Gasteiger partial charge in [0.15, 0.2) is 5.82 Å². The smallest absolute Gasteiger partial charge is 0.323 e. The summed E-state index contributed by atoms with van der Waals surface area (Å²) in [5, 5.41) is 13.3. The number of carbonyl (C=O) groups excluding carboxylic acids is 1. The van der Waals surface area contributed by atoms with Gasteiger partial charge in [-0.15, -0.1) is 0 Å². The van der Waals surface area contributed by atoms with E-state index in [1.54, 1.807) is 30.6 Å². The van der Waals surface area contributed by atoms with Gasteiger partial charge in [-0.25, -0.2) is 9.18 Å². The first kappa shape index (κ1) is 22.1. The average molecular weight is 468 g/mol. The van der Waals surface area contributed by atoms with E-state index < -0.39 is 11.8 Å². The van der Waals surface area contributed by atoms with E-state index in [2.05, 4.69) is 25.8 Å². The molecule has 9 heteroatoms. The number of rotatable bonds is 5. The largest absolute Gasteiger partial charge is 0.382 e. The lowest BCUT2D eigenvalue weighted by Gasteiger charge is -2.11. The van der Waals surface area contributed by atoms with Crippen LogP contribution in [0.3, 0.4) is 0 Å². The molecule has 2 heterocycles. The Labute approximate surface area is 200 Å². The first-order valence-electron chi connectivity index (χ1n) is 10.9. The minimum atomic E-state index is -0.561. The zero-order valence-corrected chi connectivity index (χ0v) is 18.5. The van der Waals surface area contributed by atoms with E-state index in [9.17, 15) is 9.18 Å². The third kappa shape index (κ3) is 4.40. The Morgan fingerprint density at radius 2 is 1.63 bits per heavy atom. The molecule has 0 saturated heterocycles. The van der Waals surface area contributed by atoms with Crippen molar-refractivity contribution in [3.05, 3.63) is 90.5 Å². The molecule has 8 nitrogen and oxygen atoms in total. The van der Waals surface area contributed by atoms with Crippen LogP contribution in [0.15, 0.2) is 79.1 Å². The summed E-state index contributed by atoms with van der Waals surface area (Å²) in [6.07, 6.45) is 3.47. The average Bonchev–Trinajstić information content (AvgIpc) is 3.27. The number of urea groups is 1. The van der Waals surface area contributed by atoms with Crippen molar-refractivity contribution in [3.63, 3.8) is 0 Å². The van der Waals surface area contributed by atoms with Crippen molar-refractivity contribution in [2.75, 3.05) is 16.4 Å². The standard InChI is InChI=1S/C26H22FN7O/c27-21-8-1-15(14-28)13-22(21)32-26(35)31-18-4-2-16(3-5-18)19-6-7-20(17-9-11-30-12-10-17)24-23(19)25(29)34-33-24/h1-13H,14,28H2,(H3,29,33,34)(H2,31,32,35). The normalized spacial score (nSPS) is 10.9. The Balaban J connectivity index is 1.39. The molecule has 2 amide bonds. The number of anilines is 3. The molecule has 0 fully saturated rings. The van der Waals surface area contributed by atoms with Crippen LogP contribution in [0.25, 0.3) is 33.2 Å². The number of nitrogens with zero attached hydrogens (tertiary/aromatic N) is 2. The maximum Gasteiger partial charge on any atom is 0.323 e. The van der Waals surface area contributed by atoms with E-state index in [0.717, 1.165) is 33.2 Å². The van der Waals surface area contributed by atoms with Crippen LogP contribution in [0.4, 0.5) is 26.4 Å². The predicted molar refractivity (Wildman–Crippen MR) is 136 cm³/mol. The Morgan fingerprint density at radius 3 is 2.37 bits per heavy atom. The van der Waals surface area contributed by atoms with E-state index in [0.29, 0.717) is 17.1 Å². The zero-order chi connectivity index (χ0) is 24.4. The molecule has 0 aliphatic rings. The van der Waals surface area contributed by atoms with Crippen molar-refractivity contribution in [2.45, 2.75) is 6.54 Å². The number of nitrogen functional groups attached to an aromatic ring is 1. The summed E-state index contributed by atoms with van der Waals surface area (Å²) in [4.78, 5) is 16.5. The number of fused-ring (bicyclic) bond motifs is 1. The molecule has 5 aromatic rings. The topological polar surface area (TPSA) is 135 Å². The highest BCUT2D eigenvalue weighted by atomic mass is 19.1. The highest BCUT2D eigenvalue weighted by molar-refractivity contribution is 6.08. The Hall–Kier alpha value is -4.76. The molecule has 0 radical (unpaired) electrons. The van der Waals surface area contributed by atoms with Crippen LogP contribution in [-0.4, -0.2) is 21.2 Å². The van der Waals surface area contributed by atoms with Crippen LogP contribution in [-0.2, 0) is 6.54 Å². The maximum absolute atomic E-state index is 14.0. The lowest BCUT2D eigenvalue weighted by molar-refractivity contribution is 0.262. The molecule has 0 spiro atoms. The quantitative estimate of drug-likeness (QED) is 0.245. The van der Waals surface area contributed by atoms with Gasteiger partial charge in [0, 0.05) is 30.2 Å². The fourth-order valence-corrected chi connectivity index (χ4v) is 3.98. The molecule has 0 unspecified atom stereocenters. The molecule has 174 valence electrons. The highest BCUT2D eigenvalue weighted by Crippen LogP contribution is 2.37. The summed E-state index contributed by atoms with van der Waals surface area (Å²) < 4.78 is 14.0. The van der Waals surface area contributed by atoms with Gasteiger partial charge in [0.05, 0.1) is 16.6 Å². The Kier molecular flexibility index (Phi) is 5.82. The van der Waals surface area contributed by atoms with Crippen molar-refractivity contribution >= 4 is 34.1 Å². The molecule has 0 bridgehead atoms. The molecule has 0 saturated carbocycles. The van der Waals surface area contributed by atoms with Crippen molar-refractivity contribution in [2.24, 2.45) is 5.73 Å². The summed E-state index contributed by atoms with van der Waals surface area (Å²) >= 11 is 0. The lowest BCUT2D eigenvalue weighted by atomic mass is 9.96. The van der Waals surface area contributed by atoms with Crippen LogP contribution < -0.4 is 22.1 Å². The van der Waals surface area contributed by atoms with Gasteiger partial charge in [-0.05, 0) is 58.7 Å². The van der Waals surface area contributed by atoms with Gasteiger partial charge in [0.1, 0.15) is 5.82 Å². The number of hydrogen-bond acceptors (Lipinski definition) is 5. The zero-order valence-electron chi connectivity index (χ0n) is 18.5. The monoisotopic (exact) mass is 467 g/mol. The van der Waals surface area contributed by atoms with Gasteiger partial charge < -0.3 is 22.1 Å². The SMILES string of the molecule is NCc1ccc(F)c(NC(=O)Nc2ccc(-c3ccc(-c4ccncc4)c4[nH]nc(N)c34)cc2)c1. The molecule has 0 aliphatic carbocycles. The van der Waals surface area contributed by atoms with Gasteiger partial charge in [-0.2, -0.15) is 5.10 Å². The van der Waals surface area contributed by atoms with Crippen molar-refractivity contribution in [3.8, 4) is 22.3 Å². The van der Waals surface area contributed by atoms with Gasteiger partial charge in [-0.3, -0.25) is 10.1 Å². The number of pyridine rings is 1. The highest BCUT2D eigenvalue weighted by Gasteiger charge is 2.15. The van der Waals surface area contributed by atoms with E-state index in [1.807, 2.05) is 36.4 Å². The summed E-state index contributed by atoms with van der Waals surface area (Å²) in [7, 11) is 0. The maximum atomic E-state index is 14.0. The molecule has 0 atom stereocenters. The number of aromatic nitrogens is 3. The molecular formula is C26H22FN7O. The van der Waals surface area contributed by atoms with Crippen LogP contribution >= 0.6 is 0 Å². The van der Waals surface area contributed by atoms with Crippen molar-refractivity contribution < 1.29 is 9.18 Å². The van der Waals surface area contributed by atoms with E-state index in [-0.39, 0.29) is 12.2 Å². The molecule has 2 aromatic heterocycles. The summed E-state index contributed by atoms with van der Waals surface area (Å²) in [6.45, 7) is 0.246. The number of H-pyrrole nitrogens is 1. The van der Waals surface area contributed by atoms with E-state index in [1.165, 1.54) is 12.1 Å². The van der Waals surface area contributed by atoms with Gasteiger partial charge in [-0.1, -0.05) is 30.3 Å². The second-order valence-corrected chi connectivity index (χ2v) is 7.93. The third-order valence-electron chi connectivity index (χ3n) is 5.71. The molecule has 5 rings (SSSR count). The van der Waals surface area contributed by atoms with Crippen LogP contribution in [0.2, 0.25) is 0 Å². The number of halogens is 1. The predicted octanol–water partition coefficient (Wildman–Crippen LogP) is 5.12. The van der Waals surface area contributed by atoms with Crippen LogP contribution in [0.1, 0.15) is 5.56 Å². The van der Waals surface area contributed by atoms with Gasteiger partial charge in [0.25, 0.3) is 0 Å². The summed E-state index contributed by atoms with van der Waals surface area (Å²) in [6, 6.07) is 18.9. The number of carbonyl (C=O) groups is 1. The molecular weight excluding hydrogens is 445 g/mol. The molecule has 3 aromatic carbocycles. The second kappa shape index (κ2) is 9.24. The third-order valence-corrected chi connectivity index (χ3v) is 5.71. The van der Waals surface area contributed by atoms with Crippen molar-refractivity contribution in [1.29, 1.82) is 0 Å². The van der Waals surface area contributed by atoms with Crippen LogP contribution in [0.5, 0.6) is 0 Å². The minimum Gasteiger partial charge on any atom is -0.382 e. The Morgan fingerprint density at radius 1 is 0.914 bits per heavy atom. The molecule has 7 N–H and O–H groups in total. The second-order valence-electron chi connectivity index (χ2n) is 7.93. The Bertz CT molecular complexity index is 1510. The van der Waals surface area contributed by atoms with E-state index >= 15 is 0 Å². The fraction of sp³-hybridized carbons (Fsp3) is 0.0385. The summed E-state index contributed by atoms with van der Waals surface area (Å²) in [5.74, 6) is -0.140. The number of benzene rings is 3. The number of nitrogens with one attached hydrogen (secondary N) is 3. The van der Waals surface area contributed by atoms with Gasteiger partial charge >= 0.3 is 6.03 Å². The number of aromatic amines is 1. The lowest BCUT2D eigenvalue weighted by Crippen LogP contribution is -2.20. The summed E-state index contributed by atoms with van der Waals surface area (Å²) in [5.41, 5.74) is 17.7. The number of nitrogens with two attached hydrogens (primary N) is 2. The fourth-order valence-electron chi connectivity index (χ4n) is 3.98.